The Hall–Kier alpha value is 0.170. The zero-order valence-corrected chi connectivity index (χ0v) is 6.58. The van der Waals surface area contributed by atoms with E-state index in [4.69, 9.17) is 11.5 Å². The minimum absolute atomic E-state index is 0. The van der Waals surface area contributed by atoms with Crippen molar-refractivity contribution in [2.75, 3.05) is 6.54 Å². The van der Waals surface area contributed by atoms with Crippen LogP contribution in [0.5, 0.6) is 0 Å². The molecule has 4 N–H and O–H groups in total. The van der Waals surface area contributed by atoms with E-state index in [0.29, 0.717) is 13.0 Å². The lowest BCUT2D eigenvalue weighted by molar-refractivity contribution is -0.108. The van der Waals surface area contributed by atoms with E-state index < -0.39 is 0 Å². The normalized spacial score (nSPS) is 10.4. The van der Waals surface area contributed by atoms with Gasteiger partial charge in [0.25, 0.3) is 0 Å². The minimum Gasteiger partial charge on any atom is -0.329 e. The van der Waals surface area contributed by atoms with Crippen molar-refractivity contribution in [3.63, 3.8) is 0 Å². The Bertz CT molecular complexity index is 62.5. The van der Waals surface area contributed by atoms with Crippen LogP contribution in [-0.4, -0.2) is 18.9 Å². The van der Waals surface area contributed by atoms with E-state index in [1.807, 2.05) is 0 Å². The summed E-state index contributed by atoms with van der Waals surface area (Å²) in [6.45, 7) is 0.388. The van der Waals surface area contributed by atoms with Gasteiger partial charge in [-0.1, -0.05) is 0 Å². The second kappa shape index (κ2) is 11.0. The molecule has 0 fully saturated rings. The summed E-state index contributed by atoms with van der Waals surface area (Å²) in [5.41, 5.74) is 10.3. The van der Waals surface area contributed by atoms with E-state index in [1.54, 1.807) is 0 Å². The molecule has 0 aliphatic heterocycles. The minimum atomic E-state index is -0.141. The molecular formula is C4H12Cl2N2O. The van der Waals surface area contributed by atoms with Gasteiger partial charge >= 0.3 is 0 Å². The fourth-order valence-corrected chi connectivity index (χ4v) is 0.220. The summed E-state index contributed by atoms with van der Waals surface area (Å²) in [5.74, 6) is 0. The van der Waals surface area contributed by atoms with Crippen LogP contribution in [0.2, 0.25) is 0 Å². The molecule has 5 heteroatoms. The largest absolute Gasteiger partial charge is 0.329 e. The maximum absolute atomic E-state index is 9.64. The van der Waals surface area contributed by atoms with Gasteiger partial charge in [-0.15, -0.1) is 24.8 Å². The molecular weight excluding hydrogens is 163 g/mol. The maximum Gasteiger partial charge on any atom is 0.121 e. The fourth-order valence-electron chi connectivity index (χ4n) is 0.220. The van der Waals surface area contributed by atoms with E-state index in [9.17, 15) is 4.79 Å². The summed E-state index contributed by atoms with van der Waals surface area (Å²) in [4.78, 5) is 9.64. The first-order chi connectivity index (χ1) is 3.31. The molecule has 0 saturated heterocycles. The van der Waals surface area contributed by atoms with Crippen molar-refractivity contribution in [3.05, 3.63) is 0 Å². The van der Waals surface area contributed by atoms with Gasteiger partial charge in [0.15, 0.2) is 0 Å². The van der Waals surface area contributed by atoms with Crippen LogP contribution in [0, 0.1) is 0 Å². The van der Waals surface area contributed by atoms with Crippen molar-refractivity contribution in [3.8, 4) is 0 Å². The van der Waals surface area contributed by atoms with E-state index in [1.165, 1.54) is 0 Å². The SMILES string of the molecule is Cl.Cl.NCC(N)CC=O. The Kier molecular flexibility index (Phi) is 19.7. The smallest absolute Gasteiger partial charge is 0.121 e. The molecule has 0 rings (SSSR count). The van der Waals surface area contributed by atoms with Crippen molar-refractivity contribution in [2.45, 2.75) is 12.5 Å². The summed E-state index contributed by atoms with van der Waals surface area (Å²) < 4.78 is 0. The van der Waals surface area contributed by atoms with Crippen LogP contribution in [0.4, 0.5) is 0 Å². The summed E-state index contributed by atoms with van der Waals surface area (Å²) in [7, 11) is 0. The van der Waals surface area contributed by atoms with Crippen LogP contribution in [-0.2, 0) is 4.79 Å². The molecule has 0 aliphatic rings. The van der Waals surface area contributed by atoms with Gasteiger partial charge in [0.1, 0.15) is 6.29 Å². The molecule has 0 aromatic rings. The number of rotatable bonds is 3. The Morgan fingerprint density at radius 1 is 1.44 bits per heavy atom. The van der Waals surface area contributed by atoms with Crippen LogP contribution in [0.25, 0.3) is 0 Å². The third kappa shape index (κ3) is 11.6. The van der Waals surface area contributed by atoms with Crippen LogP contribution in [0.3, 0.4) is 0 Å². The van der Waals surface area contributed by atoms with Crippen LogP contribution >= 0.6 is 24.8 Å². The van der Waals surface area contributed by atoms with E-state index in [0.717, 1.165) is 6.29 Å². The van der Waals surface area contributed by atoms with Gasteiger partial charge in [0, 0.05) is 19.0 Å². The molecule has 3 nitrogen and oxygen atoms in total. The first-order valence-electron chi connectivity index (χ1n) is 2.20. The van der Waals surface area contributed by atoms with Gasteiger partial charge in [0.05, 0.1) is 0 Å². The number of carbonyl (C=O) groups excluding carboxylic acids is 1. The summed E-state index contributed by atoms with van der Waals surface area (Å²) in [6, 6.07) is -0.141. The molecule has 0 bridgehead atoms. The number of hydrogen-bond acceptors (Lipinski definition) is 3. The number of hydrogen-bond donors (Lipinski definition) is 2. The van der Waals surface area contributed by atoms with E-state index >= 15 is 0 Å². The number of halogens is 2. The molecule has 0 spiro atoms. The molecule has 1 unspecified atom stereocenters. The van der Waals surface area contributed by atoms with Crippen molar-refractivity contribution in [1.82, 2.24) is 0 Å². The zero-order chi connectivity index (χ0) is 5.70. The van der Waals surface area contributed by atoms with Crippen molar-refractivity contribution in [2.24, 2.45) is 11.5 Å². The van der Waals surface area contributed by atoms with E-state index in [2.05, 4.69) is 0 Å². The van der Waals surface area contributed by atoms with Crippen molar-refractivity contribution < 1.29 is 4.79 Å². The molecule has 0 amide bonds. The standard InChI is InChI=1S/C4H10N2O.2ClH/c5-3-4(6)1-2-7;;/h2,4H,1,3,5-6H2;2*1H. The first kappa shape index (κ1) is 16.1. The van der Waals surface area contributed by atoms with Gasteiger partial charge < -0.3 is 16.3 Å². The lowest BCUT2D eigenvalue weighted by atomic mass is 10.2. The number of aldehydes is 1. The highest BCUT2D eigenvalue weighted by Gasteiger charge is 1.93. The Balaban J connectivity index is -0.000000180. The highest BCUT2D eigenvalue weighted by atomic mass is 35.5. The summed E-state index contributed by atoms with van der Waals surface area (Å²) in [6.07, 6.45) is 1.15. The monoisotopic (exact) mass is 174 g/mol. The van der Waals surface area contributed by atoms with E-state index in [-0.39, 0.29) is 30.9 Å². The van der Waals surface area contributed by atoms with Crippen molar-refractivity contribution in [1.29, 1.82) is 0 Å². The predicted molar refractivity (Wildman–Crippen MR) is 42.2 cm³/mol. The fraction of sp³-hybridized carbons (Fsp3) is 0.750. The second-order valence-corrected chi connectivity index (χ2v) is 1.40. The quantitative estimate of drug-likeness (QED) is 0.579. The second-order valence-electron chi connectivity index (χ2n) is 1.40. The predicted octanol–water partition coefficient (Wildman–Crippen LogP) is -0.295. The maximum atomic E-state index is 9.64. The Morgan fingerprint density at radius 3 is 2.00 bits per heavy atom. The molecule has 9 heavy (non-hydrogen) atoms. The lowest BCUT2D eigenvalue weighted by Crippen LogP contribution is -2.29. The average molecular weight is 175 g/mol. The third-order valence-electron chi connectivity index (χ3n) is 0.702. The molecule has 0 radical (unpaired) electrons. The van der Waals surface area contributed by atoms with Gasteiger partial charge in [-0.3, -0.25) is 0 Å². The van der Waals surface area contributed by atoms with Gasteiger partial charge in [-0.05, 0) is 0 Å². The highest BCUT2D eigenvalue weighted by molar-refractivity contribution is 5.85. The molecule has 0 heterocycles. The molecule has 58 valence electrons. The highest BCUT2D eigenvalue weighted by Crippen LogP contribution is 1.75. The van der Waals surface area contributed by atoms with Gasteiger partial charge in [0.2, 0.25) is 0 Å². The molecule has 0 aromatic carbocycles. The summed E-state index contributed by atoms with van der Waals surface area (Å²) in [5, 5.41) is 0. The molecule has 0 aromatic heterocycles. The number of carbonyl (C=O) groups is 1. The first-order valence-corrected chi connectivity index (χ1v) is 2.20. The molecule has 0 saturated carbocycles. The summed E-state index contributed by atoms with van der Waals surface area (Å²) >= 11 is 0. The van der Waals surface area contributed by atoms with Gasteiger partial charge in [-0.2, -0.15) is 0 Å². The zero-order valence-electron chi connectivity index (χ0n) is 4.95. The van der Waals surface area contributed by atoms with Crippen LogP contribution in [0.1, 0.15) is 6.42 Å². The molecule has 0 aliphatic carbocycles. The third-order valence-corrected chi connectivity index (χ3v) is 0.702. The average Bonchev–Trinajstić information content (AvgIpc) is 1.68. The molecule has 1 atom stereocenters. The Labute approximate surface area is 67.0 Å². The Morgan fingerprint density at radius 2 is 1.89 bits per heavy atom. The van der Waals surface area contributed by atoms with Gasteiger partial charge in [-0.25, -0.2) is 0 Å². The van der Waals surface area contributed by atoms with Crippen LogP contribution in [0.15, 0.2) is 0 Å². The van der Waals surface area contributed by atoms with Crippen molar-refractivity contribution >= 4 is 31.1 Å². The van der Waals surface area contributed by atoms with Crippen LogP contribution < -0.4 is 11.5 Å². The number of nitrogens with two attached hydrogens (primary N) is 2. The lowest BCUT2D eigenvalue weighted by Gasteiger charge is -1.99. The topological polar surface area (TPSA) is 69.1 Å².